The van der Waals surface area contributed by atoms with Gasteiger partial charge in [0.25, 0.3) is 0 Å². The molecule has 2 aliphatic rings. The zero-order valence-electron chi connectivity index (χ0n) is 14.2. The van der Waals surface area contributed by atoms with Crippen molar-refractivity contribution in [3.63, 3.8) is 0 Å². The monoisotopic (exact) mass is 353 g/mol. The number of fused-ring (bicyclic) bond motifs is 2. The molecule has 26 heavy (non-hydrogen) atoms. The molecule has 1 aromatic carbocycles. The van der Waals surface area contributed by atoms with Crippen molar-refractivity contribution in [2.75, 3.05) is 0 Å². The molecule has 2 bridgehead atoms. The maximum absolute atomic E-state index is 14.4. The summed E-state index contributed by atoms with van der Waals surface area (Å²) in [5.74, 6) is -0.215. The van der Waals surface area contributed by atoms with Gasteiger partial charge in [0.05, 0.1) is 17.8 Å². The number of nitriles is 1. The number of halogens is 1. The summed E-state index contributed by atoms with van der Waals surface area (Å²) >= 11 is 0. The normalized spacial score (nSPS) is 25.0. The summed E-state index contributed by atoms with van der Waals surface area (Å²) in [5, 5.41) is 19.5. The molecule has 1 aliphatic heterocycles. The molecule has 1 saturated carbocycles. The smallest absolute Gasteiger partial charge is 0.238 e. The van der Waals surface area contributed by atoms with E-state index in [9.17, 15) is 14.4 Å². The molecular formula is C19H20FN5O. The van der Waals surface area contributed by atoms with Crippen LogP contribution in [0.2, 0.25) is 0 Å². The molecule has 1 amide bonds. The fraction of sp³-hybridized carbons (Fsp3) is 0.421. The minimum Gasteiger partial charge on any atom is -0.339 e. The van der Waals surface area contributed by atoms with E-state index in [-0.39, 0.29) is 18.4 Å². The Bertz CT molecular complexity index is 844. The van der Waals surface area contributed by atoms with E-state index < -0.39 is 11.9 Å². The molecule has 134 valence electrons. The second kappa shape index (κ2) is 6.89. The average Bonchev–Trinajstić information content (AvgIpc) is 3.40. The summed E-state index contributed by atoms with van der Waals surface area (Å²) in [6.07, 6.45) is 6.68. The van der Waals surface area contributed by atoms with Crippen LogP contribution in [-0.2, 0) is 11.2 Å². The molecule has 6 nitrogen and oxygen atoms in total. The van der Waals surface area contributed by atoms with Crippen LogP contribution in [0.15, 0.2) is 36.7 Å². The highest BCUT2D eigenvalue weighted by atomic mass is 19.1. The van der Waals surface area contributed by atoms with Crippen LogP contribution in [0.1, 0.15) is 24.8 Å². The lowest BCUT2D eigenvalue weighted by molar-refractivity contribution is -0.124. The van der Waals surface area contributed by atoms with Crippen LogP contribution < -0.4 is 10.6 Å². The quantitative estimate of drug-likeness (QED) is 0.857. The highest BCUT2D eigenvalue weighted by molar-refractivity contribution is 5.83. The van der Waals surface area contributed by atoms with Crippen LogP contribution in [0.3, 0.4) is 0 Å². The lowest BCUT2D eigenvalue weighted by atomic mass is 9.98. The first-order valence-electron chi connectivity index (χ1n) is 8.88. The van der Waals surface area contributed by atoms with Gasteiger partial charge in [-0.1, -0.05) is 6.07 Å². The second-order valence-electron chi connectivity index (χ2n) is 7.04. The van der Waals surface area contributed by atoms with Gasteiger partial charge in [0.2, 0.25) is 5.91 Å². The molecule has 0 spiro atoms. The zero-order chi connectivity index (χ0) is 18.1. The SMILES string of the molecule is N#C[C@H](Cc1ccc(-n2cccn2)cc1F)NC(=O)C1NC2CCC1C2. The van der Waals surface area contributed by atoms with E-state index in [4.69, 9.17) is 0 Å². The van der Waals surface area contributed by atoms with Gasteiger partial charge in [0, 0.05) is 24.9 Å². The summed E-state index contributed by atoms with van der Waals surface area (Å²) in [6.45, 7) is 0. The van der Waals surface area contributed by atoms with Crippen LogP contribution in [0.5, 0.6) is 0 Å². The Labute approximate surface area is 151 Å². The lowest BCUT2D eigenvalue weighted by Crippen LogP contribution is -2.50. The molecule has 7 heteroatoms. The molecular weight excluding hydrogens is 333 g/mol. The Morgan fingerprint density at radius 2 is 2.38 bits per heavy atom. The topological polar surface area (TPSA) is 82.7 Å². The molecule has 4 atom stereocenters. The van der Waals surface area contributed by atoms with Crippen molar-refractivity contribution in [2.45, 2.75) is 43.8 Å². The Hall–Kier alpha value is -2.72. The summed E-state index contributed by atoms with van der Waals surface area (Å²) in [7, 11) is 0. The van der Waals surface area contributed by atoms with Crippen LogP contribution in [0.25, 0.3) is 5.69 Å². The minimum absolute atomic E-state index is 0.133. The number of aromatic nitrogens is 2. The van der Waals surface area contributed by atoms with Gasteiger partial charge in [-0.05, 0) is 48.9 Å². The van der Waals surface area contributed by atoms with Gasteiger partial charge in [0.15, 0.2) is 0 Å². The van der Waals surface area contributed by atoms with Crippen molar-refractivity contribution in [2.24, 2.45) is 5.92 Å². The van der Waals surface area contributed by atoms with Gasteiger partial charge < -0.3 is 10.6 Å². The highest BCUT2D eigenvalue weighted by Gasteiger charge is 2.43. The number of rotatable bonds is 5. The van der Waals surface area contributed by atoms with E-state index in [1.165, 1.54) is 6.07 Å². The van der Waals surface area contributed by atoms with Crippen molar-refractivity contribution >= 4 is 5.91 Å². The Morgan fingerprint density at radius 3 is 3.00 bits per heavy atom. The molecule has 2 N–H and O–H groups in total. The minimum atomic E-state index is -0.756. The van der Waals surface area contributed by atoms with Gasteiger partial charge in [0.1, 0.15) is 11.9 Å². The molecule has 3 unspecified atom stereocenters. The molecule has 2 heterocycles. The Morgan fingerprint density at radius 1 is 1.50 bits per heavy atom. The van der Waals surface area contributed by atoms with E-state index in [1.807, 2.05) is 0 Å². The van der Waals surface area contributed by atoms with Gasteiger partial charge in [-0.2, -0.15) is 10.4 Å². The number of nitrogens with zero attached hydrogens (tertiary/aromatic N) is 3. The fourth-order valence-electron chi connectivity index (χ4n) is 4.03. The third-order valence-corrected chi connectivity index (χ3v) is 5.34. The number of piperidine rings is 1. The standard InChI is InChI=1S/C19H20FN5O/c20-17-10-16(25-7-1-6-22-25)5-3-12(17)8-15(11-21)24-19(26)18-13-2-4-14(9-13)23-18/h1,3,5-7,10,13-15,18,23H,2,4,8-9H2,(H,24,26)/t13?,14?,15-,18?/m0/s1. The summed E-state index contributed by atoms with van der Waals surface area (Å²) in [6, 6.07) is 8.05. The van der Waals surface area contributed by atoms with Crippen molar-refractivity contribution in [1.29, 1.82) is 5.26 Å². The number of carbonyl (C=O) groups is 1. The van der Waals surface area contributed by atoms with E-state index in [1.54, 1.807) is 35.3 Å². The summed E-state index contributed by atoms with van der Waals surface area (Å²) in [4.78, 5) is 12.5. The number of benzene rings is 1. The maximum atomic E-state index is 14.4. The second-order valence-corrected chi connectivity index (χ2v) is 7.04. The average molecular weight is 353 g/mol. The fourth-order valence-corrected chi connectivity index (χ4v) is 4.03. The first-order chi connectivity index (χ1) is 12.6. The first-order valence-corrected chi connectivity index (χ1v) is 8.88. The van der Waals surface area contributed by atoms with E-state index in [2.05, 4.69) is 21.8 Å². The molecule has 2 aromatic rings. The van der Waals surface area contributed by atoms with Crippen molar-refractivity contribution in [3.8, 4) is 11.8 Å². The Kier molecular flexibility index (Phi) is 4.43. The first kappa shape index (κ1) is 16.7. The number of carbonyl (C=O) groups excluding carboxylic acids is 1. The largest absolute Gasteiger partial charge is 0.339 e. The Balaban J connectivity index is 1.42. The molecule has 1 aromatic heterocycles. The van der Waals surface area contributed by atoms with Crippen LogP contribution in [0.4, 0.5) is 4.39 Å². The number of nitrogens with one attached hydrogen (secondary N) is 2. The maximum Gasteiger partial charge on any atom is 0.238 e. The third kappa shape index (κ3) is 3.20. The van der Waals surface area contributed by atoms with Crippen LogP contribution >= 0.6 is 0 Å². The predicted molar refractivity (Wildman–Crippen MR) is 92.8 cm³/mol. The zero-order valence-corrected chi connectivity index (χ0v) is 14.2. The van der Waals surface area contributed by atoms with Crippen molar-refractivity contribution in [3.05, 3.63) is 48.0 Å². The molecule has 0 radical (unpaired) electrons. The molecule has 1 aliphatic carbocycles. The summed E-state index contributed by atoms with van der Waals surface area (Å²) in [5.41, 5.74) is 1.01. The third-order valence-electron chi connectivity index (χ3n) is 5.34. The highest BCUT2D eigenvalue weighted by Crippen LogP contribution is 2.35. The van der Waals surface area contributed by atoms with Crippen LogP contribution in [0, 0.1) is 23.1 Å². The number of hydrogen-bond donors (Lipinski definition) is 2. The van der Waals surface area contributed by atoms with Gasteiger partial charge in [-0.3, -0.25) is 4.79 Å². The lowest BCUT2D eigenvalue weighted by Gasteiger charge is -2.23. The van der Waals surface area contributed by atoms with Crippen molar-refractivity contribution < 1.29 is 9.18 Å². The van der Waals surface area contributed by atoms with Gasteiger partial charge in [-0.25, -0.2) is 9.07 Å². The van der Waals surface area contributed by atoms with E-state index in [0.717, 1.165) is 19.3 Å². The van der Waals surface area contributed by atoms with Gasteiger partial charge in [-0.15, -0.1) is 0 Å². The van der Waals surface area contributed by atoms with Gasteiger partial charge >= 0.3 is 0 Å². The summed E-state index contributed by atoms with van der Waals surface area (Å²) < 4.78 is 16.0. The molecule has 1 saturated heterocycles. The molecule has 4 rings (SSSR count). The number of amides is 1. The number of hydrogen-bond acceptors (Lipinski definition) is 4. The predicted octanol–water partition coefficient (Wildman–Crippen LogP) is 1.70. The molecule has 2 fully saturated rings. The van der Waals surface area contributed by atoms with E-state index in [0.29, 0.717) is 23.2 Å². The van der Waals surface area contributed by atoms with E-state index >= 15 is 0 Å². The van der Waals surface area contributed by atoms with Crippen molar-refractivity contribution in [1.82, 2.24) is 20.4 Å². The van der Waals surface area contributed by atoms with Crippen LogP contribution in [-0.4, -0.2) is 33.8 Å².